The first-order valence-electron chi connectivity index (χ1n) is 12.1. The molecular formula is C27H25ClN2O6S. The van der Waals surface area contributed by atoms with Crippen molar-refractivity contribution in [1.82, 2.24) is 4.98 Å². The van der Waals surface area contributed by atoms with Crippen molar-refractivity contribution in [2.24, 2.45) is 0 Å². The Kier molecular flexibility index (Phi) is 5.82. The number of carbonyl (C=O) groups excluding carboxylic acids is 2. The number of anilines is 1. The number of H-pyrrole nitrogens is 1. The van der Waals surface area contributed by atoms with E-state index in [9.17, 15) is 14.7 Å². The van der Waals surface area contributed by atoms with Gasteiger partial charge in [0, 0.05) is 32.6 Å². The van der Waals surface area contributed by atoms with Gasteiger partial charge in [0.2, 0.25) is 0 Å². The first kappa shape index (κ1) is 24.1. The van der Waals surface area contributed by atoms with E-state index in [4.69, 9.17) is 25.8 Å². The molecule has 4 heterocycles. The standard InChI is InChI=1S/C27H25ClN2O6S/c1-14-10-17(22-11-16-6-7-18(28)12-23(16)37-22)8-9-30(14)24-13-19-20(29-24)4-3-5-21(19)34-27(15(2)31)35-25(32)26(33)36-27/h3-7,11-15,17,29,31H,8-10H2,1-2H3/t14-,15-,17-/m0/s1. The molecule has 37 heavy (non-hydrogen) atoms. The minimum Gasteiger partial charge on any atom is -0.418 e. The number of fused-ring (bicyclic) bond motifs is 2. The van der Waals surface area contributed by atoms with Crippen molar-refractivity contribution in [2.45, 2.75) is 50.7 Å². The average molecular weight is 541 g/mol. The number of hydrogen-bond donors (Lipinski definition) is 2. The maximum absolute atomic E-state index is 11.7. The number of aliphatic hydroxyl groups is 1. The minimum absolute atomic E-state index is 0.283. The van der Waals surface area contributed by atoms with E-state index < -0.39 is 24.0 Å². The fourth-order valence-electron chi connectivity index (χ4n) is 5.18. The molecule has 2 aliphatic rings. The fourth-order valence-corrected chi connectivity index (χ4v) is 6.67. The molecule has 2 aromatic carbocycles. The molecule has 6 rings (SSSR count). The van der Waals surface area contributed by atoms with Gasteiger partial charge in [0.05, 0.1) is 5.52 Å². The van der Waals surface area contributed by atoms with Crippen molar-refractivity contribution in [1.29, 1.82) is 0 Å². The third-order valence-electron chi connectivity index (χ3n) is 7.10. The first-order chi connectivity index (χ1) is 17.7. The highest BCUT2D eigenvalue weighted by Crippen LogP contribution is 2.41. The largest absolute Gasteiger partial charge is 0.449 e. The Labute approximate surface area is 221 Å². The zero-order chi connectivity index (χ0) is 25.9. The average Bonchev–Trinajstić information content (AvgIpc) is 3.55. The second-order valence-corrected chi connectivity index (χ2v) is 11.2. The summed E-state index contributed by atoms with van der Waals surface area (Å²) < 4.78 is 17.0. The Morgan fingerprint density at radius 1 is 1.19 bits per heavy atom. The molecule has 0 spiro atoms. The summed E-state index contributed by atoms with van der Waals surface area (Å²) in [4.78, 5) is 30.6. The van der Waals surface area contributed by atoms with Crippen LogP contribution in [-0.4, -0.2) is 46.7 Å². The first-order valence-corrected chi connectivity index (χ1v) is 13.3. The predicted octanol–water partition coefficient (Wildman–Crippen LogP) is 5.32. The molecule has 2 aliphatic heterocycles. The monoisotopic (exact) mass is 540 g/mol. The van der Waals surface area contributed by atoms with Gasteiger partial charge in [0.1, 0.15) is 11.6 Å². The van der Waals surface area contributed by atoms with Crippen molar-refractivity contribution < 1.29 is 28.9 Å². The van der Waals surface area contributed by atoms with Crippen molar-refractivity contribution in [2.75, 3.05) is 11.4 Å². The summed E-state index contributed by atoms with van der Waals surface area (Å²) in [6, 6.07) is 15.9. The third-order valence-corrected chi connectivity index (χ3v) is 8.59. The van der Waals surface area contributed by atoms with Gasteiger partial charge >= 0.3 is 17.9 Å². The maximum atomic E-state index is 11.7. The van der Waals surface area contributed by atoms with E-state index in [0.717, 1.165) is 35.7 Å². The van der Waals surface area contributed by atoms with Crippen LogP contribution < -0.4 is 9.64 Å². The van der Waals surface area contributed by atoms with Crippen LogP contribution in [0.1, 0.15) is 37.5 Å². The van der Waals surface area contributed by atoms with E-state index in [1.54, 1.807) is 12.1 Å². The molecule has 0 unspecified atom stereocenters. The molecule has 0 saturated carbocycles. The van der Waals surface area contributed by atoms with Gasteiger partial charge in [-0.25, -0.2) is 9.59 Å². The number of nitrogens with zero attached hydrogens (tertiary/aromatic N) is 1. The highest BCUT2D eigenvalue weighted by Gasteiger charge is 2.56. The molecule has 4 aromatic rings. The van der Waals surface area contributed by atoms with Crippen LogP contribution in [0.25, 0.3) is 21.0 Å². The summed E-state index contributed by atoms with van der Waals surface area (Å²) in [6.45, 7) is 4.42. The number of halogens is 1. The summed E-state index contributed by atoms with van der Waals surface area (Å²) in [7, 11) is 0. The van der Waals surface area contributed by atoms with E-state index in [1.807, 2.05) is 35.6 Å². The molecule has 0 radical (unpaired) electrons. The quantitative estimate of drug-likeness (QED) is 0.261. The number of ether oxygens (including phenoxy) is 3. The number of nitrogens with one attached hydrogen (secondary N) is 1. The van der Waals surface area contributed by atoms with Crippen molar-refractivity contribution in [3.8, 4) is 5.75 Å². The van der Waals surface area contributed by atoms with Crippen molar-refractivity contribution >= 4 is 61.7 Å². The topological polar surface area (TPSA) is 101 Å². The maximum Gasteiger partial charge on any atom is 0.449 e. The van der Waals surface area contributed by atoms with E-state index in [-0.39, 0.29) is 6.04 Å². The van der Waals surface area contributed by atoms with Gasteiger partial charge in [-0.3, -0.25) is 0 Å². The van der Waals surface area contributed by atoms with Crippen LogP contribution in [0.5, 0.6) is 5.75 Å². The molecule has 2 N–H and O–H groups in total. The van der Waals surface area contributed by atoms with Crippen LogP contribution >= 0.6 is 22.9 Å². The summed E-state index contributed by atoms with van der Waals surface area (Å²) >= 11 is 8.00. The Bertz CT molecular complexity index is 1510. The lowest BCUT2D eigenvalue weighted by Gasteiger charge is -2.38. The number of aliphatic hydroxyl groups excluding tert-OH is 1. The van der Waals surface area contributed by atoms with Crippen LogP contribution in [0, 0.1) is 0 Å². The third kappa shape index (κ3) is 4.21. The van der Waals surface area contributed by atoms with E-state index >= 15 is 0 Å². The normalized spacial score (nSPS) is 22.3. The summed E-state index contributed by atoms with van der Waals surface area (Å²) in [6.07, 6.45) is 0.623. The fraction of sp³-hybridized carbons (Fsp3) is 0.333. The van der Waals surface area contributed by atoms with Gasteiger partial charge in [-0.15, -0.1) is 11.3 Å². The Morgan fingerprint density at radius 3 is 2.70 bits per heavy atom. The van der Waals surface area contributed by atoms with E-state index in [1.165, 1.54) is 21.9 Å². The van der Waals surface area contributed by atoms with Crippen LogP contribution in [-0.2, 0) is 19.1 Å². The van der Waals surface area contributed by atoms with Crippen LogP contribution in [0.15, 0.2) is 48.5 Å². The Morgan fingerprint density at radius 2 is 1.97 bits per heavy atom. The number of carbonyl (C=O) groups is 2. The molecule has 2 saturated heterocycles. The van der Waals surface area contributed by atoms with Gasteiger partial charge in [0.25, 0.3) is 0 Å². The van der Waals surface area contributed by atoms with Gasteiger partial charge in [-0.1, -0.05) is 23.7 Å². The number of aromatic amines is 1. The lowest BCUT2D eigenvalue weighted by atomic mass is 9.90. The number of benzene rings is 2. The van der Waals surface area contributed by atoms with Crippen molar-refractivity contribution in [3.05, 3.63) is 58.4 Å². The molecule has 2 fully saturated rings. The minimum atomic E-state index is -2.22. The molecule has 3 atom stereocenters. The lowest BCUT2D eigenvalue weighted by Crippen LogP contribution is -2.47. The SMILES string of the molecule is C[C@H](O)C1(Oc2cccc3[nH]c(N4CC[C@H](c5cc6ccc(Cl)cc6s5)C[C@@H]4C)cc23)OC(=O)C(=O)O1. The number of piperidine rings is 1. The van der Waals surface area contributed by atoms with Crippen LogP contribution in [0.2, 0.25) is 5.02 Å². The molecule has 0 aliphatic carbocycles. The van der Waals surface area contributed by atoms with E-state index in [2.05, 4.69) is 28.9 Å². The molecule has 0 bridgehead atoms. The highest BCUT2D eigenvalue weighted by molar-refractivity contribution is 7.19. The Balaban J connectivity index is 1.24. The molecule has 0 amide bonds. The number of aromatic nitrogens is 1. The number of rotatable bonds is 5. The predicted molar refractivity (Wildman–Crippen MR) is 141 cm³/mol. The Hall–Kier alpha value is -3.27. The molecule has 192 valence electrons. The summed E-state index contributed by atoms with van der Waals surface area (Å²) in [5.74, 6) is -2.91. The molecule has 10 heteroatoms. The van der Waals surface area contributed by atoms with Crippen LogP contribution in [0.4, 0.5) is 5.82 Å². The molecule has 8 nitrogen and oxygen atoms in total. The number of hydrogen-bond acceptors (Lipinski definition) is 8. The zero-order valence-corrected chi connectivity index (χ0v) is 21.8. The lowest BCUT2D eigenvalue weighted by molar-refractivity contribution is -0.313. The number of cyclic esters (lactones) is 2. The van der Waals surface area contributed by atoms with Gasteiger partial charge in [0.15, 0.2) is 6.10 Å². The smallest absolute Gasteiger partial charge is 0.418 e. The van der Waals surface area contributed by atoms with E-state index in [0.29, 0.717) is 17.1 Å². The zero-order valence-electron chi connectivity index (χ0n) is 20.2. The summed E-state index contributed by atoms with van der Waals surface area (Å²) in [5.41, 5.74) is 0.805. The van der Waals surface area contributed by atoms with Crippen LogP contribution in [0.3, 0.4) is 0 Å². The number of thiophene rings is 1. The summed E-state index contributed by atoms with van der Waals surface area (Å²) in [5, 5.41) is 12.9. The molecule has 2 aromatic heterocycles. The second-order valence-electron chi connectivity index (χ2n) is 9.63. The molecular weight excluding hydrogens is 516 g/mol. The number of esters is 2. The van der Waals surface area contributed by atoms with Crippen molar-refractivity contribution in [3.63, 3.8) is 0 Å². The van der Waals surface area contributed by atoms with Gasteiger partial charge in [-0.05, 0) is 74.4 Å². The highest BCUT2D eigenvalue weighted by atomic mass is 35.5. The van der Waals surface area contributed by atoms with Gasteiger partial charge < -0.3 is 29.2 Å². The van der Waals surface area contributed by atoms with Gasteiger partial charge in [-0.2, -0.15) is 0 Å². The second kappa shape index (κ2) is 8.93.